The summed E-state index contributed by atoms with van der Waals surface area (Å²) in [5.41, 5.74) is 3.12. The number of carbonyl (C=O) groups excluding carboxylic acids is 1. The molecular formula is C23H23N3OS. The van der Waals surface area contributed by atoms with E-state index in [2.05, 4.69) is 33.8 Å². The van der Waals surface area contributed by atoms with Gasteiger partial charge in [-0.15, -0.1) is 11.8 Å². The van der Waals surface area contributed by atoms with Gasteiger partial charge in [-0.05, 0) is 54.2 Å². The first kappa shape index (κ1) is 18.6. The van der Waals surface area contributed by atoms with E-state index in [-0.39, 0.29) is 12.1 Å². The van der Waals surface area contributed by atoms with Crippen LogP contribution in [0.25, 0.3) is 0 Å². The maximum atomic E-state index is 12.6. The molecule has 1 aliphatic carbocycles. The second-order valence-electron chi connectivity index (χ2n) is 6.98. The number of nitrogens with one attached hydrogen (secondary N) is 2. The van der Waals surface area contributed by atoms with Gasteiger partial charge in [0.25, 0.3) is 0 Å². The van der Waals surface area contributed by atoms with Crippen molar-refractivity contribution >= 4 is 23.5 Å². The number of hydrogen-bond donors (Lipinski definition) is 2. The summed E-state index contributed by atoms with van der Waals surface area (Å²) in [4.78, 5) is 16.9. The largest absolute Gasteiger partial charge is 0.331 e. The Labute approximate surface area is 169 Å². The lowest BCUT2D eigenvalue weighted by Gasteiger charge is -2.19. The molecule has 0 saturated heterocycles. The van der Waals surface area contributed by atoms with Crippen molar-refractivity contribution in [3.05, 3.63) is 90.1 Å². The molecule has 1 atom stereocenters. The van der Waals surface area contributed by atoms with E-state index in [1.807, 2.05) is 54.6 Å². The lowest BCUT2D eigenvalue weighted by Crippen LogP contribution is -2.33. The van der Waals surface area contributed by atoms with Gasteiger partial charge in [0.15, 0.2) is 0 Å². The molecule has 1 aliphatic rings. The van der Waals surface area contributed by atoms with E-state index >= 15 is 0 Å². The summed E-state index contributed by atoms with van der Waals surface area (Å²) in [6.07, 6.45) is 4.13. The number of pyridine rings is 1. The zero-order valence-corrected chi connectivity index (χ0v) is 16.4. The lowest BCUT2D eigenvalue weighted by molar-refractivity contribution is 0.247. The fourth-order valence-corrected chi connectivity index (χ4v) is 4.00. The SMILES string of the molecule is O=C(Nc1cccc(CSc2ccccn2)c1)NC(c1ccccc1)C1CC1. The average Bonchev–Trinajstić information content (AvgIpc) is 3.57. The van der Waals surface area contributed by atoms with Crippen LogP contribution in [0, 0.1) is 5.92 Å². The van der Waals surface area contributed by atoms with Crippen LogP contribution in [0.3, 0.4) is 0 Å². The van der Waals surface area contributed by atoms with Crippen molar-refractivity contribution in [2.24, 2.45) is 5.92 Å². The first-order valence-electron chi connectivity index (χ1n) is 9.53. The highest BCUT2D eigenvalue weighted by molar-refractivity contribution is 7.98. The Bertz CT molecular complexity index is 913. The first-order valence-corrected chi connectivity index (χ1v) is 10.5. The Hall–Kier alpha value is -2.79. The molecule has 0 spiro atoms. The smallest absolute Gasteiger partial charge is 0.319 e. The third-order valence-electron chi connectivity index (χ3n) is 4.75. The van der Waals surface area contributed by atoms with Gasteiger partial charge in [0.1, 0.15) is 0 Å². The highest BCUT2D eigenvalue weighted by atomic mass is 32.2. The summed E-state index contributed by atoms with van der Waals surface area (Å²) in [6, 6.07) is 24.0. The number of nitrogens with zero attached hydrogens (tertiary/aromatic N) is 1. The number of rotatable bonds is 7. The monoisotopic (exact) mass is 389 g/mol. The molecule has 2 aromatic carbocycles. The Morgan fingerprint density at radius 2 is 1.86 bits per heavy atom. The van der Waals surface area contributed by atoms with Crippen molar-refractivity contribution in [3.63, 3.8) is 0 Å². The van der Waals surface area contributed by atoms with E-state index in [1.54, 1.807) is 18.0 Å². The number of hydrogen-bond acceptors (Lipinski definition) is 3. The van der Waals surface area contributed by atoms with Gasteiger partial charge in [0, 0.05) is 17.6 Å². The molecule has 0 aliphatic heterocycles. The molecule has 1 unspecified atom stereocenters. The molecule has 142 valence electrons. The highest BCUT2D eigenvalue weighted by Gasteiger charge is 2.33. The lowest BCUT2D eigenvalue weighted by atomic mass is 10.0. The normalized spacial score (nSPS) is 14.3. The molecule has 4 nitrogen and oxygen atoms in total. The summed E-state index contributed by atoms with van der Waals surface area (Å²) in [5, 5.41) is 7.14. The number of amides is 2. The minimum absolute atomic E-state index is 0.0732. The van der Waals surface area contributed by atoms with E-state index in [9.17, 15) is 4.79 Å². The van der Waals surface area contributed by atoms with Crippen molar-refractivity contribution in [1.29, 1.82) is 0 Å². The number of anilines is 1. The van der Waals surface area contributed by atoms with Crippen LogP contribution in [0.1, 0.15) is 30.0 Å². The average molecular weight is 390 g/mol. The molecule has 1 fully saturated rings. The number of thioether (sulfide) groups is 1. The van der Waals surface area contributed by atoms with Crippen molar-refractivity contribution in [3.8, 4) is 0 Å². The van der Waals surface area contributed by atoms with Crippen molar-refractivity contribution in [2.75, 3.05) is 5.32 Å². The molecule has 28 heavy (non-hydrogen) atoms. The second-order valence-corrected chi connectivity index (χ2v) is 7.98. The van der Waals surface area contributed by atoms with Crippen LogP contribution in [0.4, 0.5) is 10.5 Å². The molecule has 3 aromatic rings. The zero-order valence-electron chi connectivity index (χ0n) is 15.5. The first-order chi connectivity index (χ1) is 13.8. The van der Waals surface area contributed by atoms with E-state index < -0.39 is 0 Å². The maximum Gasteiger partial charge on any atom is 0.319 e. The Morgan fingerprint density at radius 3 is 2.61 bits per heavy atom. The Kier molecular flexibility index (Phi) is 5.92. The number of urea groups is 1. The van der Waals surface area contributed by atoms with Crippen molar-refractivity contribution in [1.82, 2.24) is 10.3 Å². The van der Waals surface area contributed by atoms with Crippen molar-refractivity contribution in [2.45, 2.75) is 29.7 Å². The van der Waals surface area contributed by atoms with Crippen LogP contribution in [0.2, 0.25) is 0 Å². The minimum atomic E-state index is -0.157. The maximum absolute atomic E-state index is 12.6. The summed E-state index contributed by atoms with van der Waals surface area (Å²) >= 11 is 1.68. The molecule has 2 amide bonds. The fourth-order valence-electron chi connectivity index (χ4n) is 3.20. The highest BCUT2D eigenvalue weighted by Crippen LogP contribution is 2.40. The van der Waals surface area contributed by atoms with Gasteiger partial charge in [-0.2, -0.15) is 0 Å². The summed E-state index contributed by atoms with van der Waals surface area (Å²) in [6.45, 7) is 0. The van der Waals surface area contributed by atoms with Crippen LogP contribution in [-0.2, 0) is 5.75 Å². The van der Waals surface area contributed by atoms with E-state index in [4.69, 9.17) is 0 Å². The molecule has 0 radical (unpaired) electrons. The quantitative estimate of drug-likeness (QED) is 0.514. The molecule has 4 rings (SSSR count). The van der Waals surface area contributed by atoms with E-state index in [1.165, 1.54) is 18.4 Å². The van der Waals surface area contributed by atoms with E-state index in [0.29, 0.717) is 5.92 Å². The molecule has 1 heterocycles. The van der Waals surface area contributed by atoms with Crippen LogP contribution in [0.15, 0.2) is 84.0 Å². The molecule has 1 saturated carbocycles. The Morgan fingerprint density at radius 1 is 1.04 bits per heavy atom. The fraction of sp³-hybridized carbons (Fsp3) is 0.217. The van der Waals surface area contributed by atoms with Gasteiger partial charge in [-0.25, -0.2) is 9.78 Å². The van der Waals surface area contributed by atoms with Gasteiger partial charge in [0.2, 0.25) is 0 Å². The van der Waals surface area contributed by atoms with Crippen LogP contribution in [-0.4, -0.2) is 11.0 Å². The Balaban J connectivity index is 1.36. The summed E-state index contributed by atoms with van der Waals surface area (Å²) in [7, 11) is 0. The standard InChI is InChI=1S/C23H23N3OS/c27-23(26-22(19-12-13-19)18-8-2-1-3-9-18)25-20-10-6-7-17(15-20)16-28-21-11-4-5-14-24-21/h1-11,14-15,19,22H,12-13,16H2,(H2,25,26,27). The summed E-state index contributed by atoms with van der Waals surface area (Å²) < 4.78 is 0. The number of carbonyl (C=O) groups is 1. The third kappa shape index (κ3) is 5.14. The predicted molar refractivity (Wildman–Crippen MR) is 114 cm³/mol. The van der Waals surface area contributed by atoms with Crippen LogP contribution < -0.4 is 10.6 Å². The van der Waals surface area contributed by atoms with Gasteiger partial charge < -0.3 is 10.6 Å². The van der Waals surface area contributed by atoms with Crippen LogP contribution >= 0.6 is 11.8 Å². The number of aromatic nitrogens is 1. The van der Waals surface area contributed by atoms with Gasteiger partial charge in [-0.3, -0.25) is 0 Å². The van der Waals surface area contributed by atoms with E-state index in [0.717, 1.165) is 22.0 Å². The second kappa shape index (κ2) is 8.93. The molecule has 1 aromatic heterocycles. The van der Waals surface area contributed by atoms with Gasteiger partial charge in [-0.1, -0.05) is 48.5 Å². The topological polar surface area (TPSA) is 54.0 Å². The molecule has 0 bridgehead atoms. The molecule has 5 heteroatoms. The number of benzene rings is 2. The zero-order chi connectivity index (χ0) is 19.2. The third-order valence-corrected chi connectivity index (χ3v) is 5.76. The predicted octanol–water partition coefficient (Wildman–Crippen LogP) is 5.65. The van der Waals surface area contributed by atoms with Gasteiger partial charge >= 0.3 is 6.03 Å². The van der Waals surface area contributed by atoms with Crippen LogP contribution in [0.5, 0.6) is 0 Å². The summed E-state index contributed by atoms with van der Waals surface area (Å²) in [5.74, 6) is 1.34. The molecule has 2 N–H and O–H groups in total. The molecular weight excluding hydrogens is 366 g/mol. The van der Waals surface area contributed by atoms with Gasteiger partial charge in [0.05, 0.1) is 11.1 Å². The minimum Gasteiger partial charge on any atom is -0.331 e. The van der Waals surface area contributed by atoms with Crippen molar-refractivity contribution < 1.29 is 4.79 Å².